The Labute approximate surface area is 122 Å². The van der Waals surface area contributed by atoms with Gasteiger partial charge in [0.05, 0.1) is 6.54 Å². The molecule has 1 aromatic rings. The molecule has 1 rings (SSSR count). The second-order valence-electron chi connectivity index (χ2n) is 4.60. The molecule has 0 aromatic heterocycles. The van der Waals surface area contributed by atoms with Crippen molar-refractivity contribution in [2.45, 2.75) is 33.7 Å². The predicted molar refractivity (Wildman–Crippen MR) is 85.1 cm³/mol. The highest BCUT2D eigenvalue weighted by Gasteiger charge is 1.99. The van der Waals surface area contributed by atoms with E-state index in [0.29, 0.717) is 6.54 Å². The summed E-state index contributed by atoms with van der Waals surface area (Å²) in [5, 5.41) is 6.59. The molecule has 0 unspecified atom stereocenters. The Morgan fingerprint density at radius 3 is 2.70 bits per heavy atom. The van der Waals surface area contributed by atoms with Crippen LogP contribution in [0.2, 0.25) is 0 Å². The van der Waals surface area contributed by atoms with Gasteiger partial charge in [-0.2, -0.15) is 0 Å². The molecule has 1 aromatic carbocycles. The quantitative estimate of drug-likeness (QED) is 0.436. The van der Waals surface area contributed by atoms with Crippen molar-refractivity contribution < 1.29 is 4.74 Å². The molecular weight excluding hydrogens is 250 g/mol. The fraction of sp³-hybridized carbons (Fsp3) is 0.562. The van der Waals surface area contributed by atoms with Crippen LogP contribution in [0, 0.1) is 6.92 Å². The summed E-state index contributed by atoms with van der Waals surface area (Å²) in [5.41, 5.74) is 2.54. The third kappa shape index (κ3) is 6.57. The van der Waals surface area contributed by atoms with Gasteiger partial charge in [0, 0.05) is 26.3 Å². The van der Waals surface area contributed by atoms with E-state index in [0.717, 1.165) is 38.7 Å². The van der Waals surface area contributed by atoms with Crippen LogP contribution in [0.25, 0.3) is 0 Å². The lowest BCUT2D eigenvalue weighted by Gasteiger charge is -2.11. The van der Waals surface area contributed by atoms with Crippen molar-refractivity contribution in [3.8, 4) is 0 Å². The van der Waals surface area contributed by atoms with Crippen LogP contribution in [-0.4, -0.2) is 32.3 Å². The first-order valence-electron chi connectivity index (χ1n) is 7.42. The second-order valence-corrected chi connectivity index (χ2v) is 4.60. The van der Waals surface area contributed by atoms with Gasteiger partial charge in [-0.1, -0.05) is 24.3 Å². The zero-order valence-corrected chi connectivity index (χ0v) is 12.9. The Kier molecular flexibility index (Phi) is 8.47. The summed E-state index contributed by atoms with van der Waals surface area (Å²) < 4.78 is 5.32. The van der Waals surface area contributed by atoms with Gasteiger partial charge in [-0.25, -0.2) is 4.99 Å². The summed E-state index contributed by atoms with van der Waals surface area (Å²) in [6.45, 7) is 10.2. The molecule has 0 saturated carbocycles. The number of benzene rings is 1. The van der Waals surface area contributed by atoms with Crippen LogP contribution in [0.3, 0.4) is 0 Å². The predicted octanol–water partition coefficient (Wildman–Crippen LogP) is 2.48. The molecule has 20 heavy (non-hydrogen) atoms. The van der Waals surface area contributed by atoms with Gasteiger partial charge in [0.2, 0.25) is 0 Å². The van der Waals surface area contributed by atoms with E-state index in [1.807, 2.05) is 6.92 Å². The van der Waals surface area contributed by atoms with Crippen molar-refractivity contribution in [1.82, 2.24) is 10.6 Å². The fourth-order valence-electron chi connectivity index (χ4n) is 1.82. The molecule has 0 saturated heterocycles. The van der Waals surface area contributed by atoms with E-state index in [1.165, 1.54) is 11.1 Å². The first-order valence-corrected chi connectivity index (χ1v) is 7.42. The van der Waals surface area contributed by atoms with Crippen molar-refractivity contribution in [3.63, 3.8) is 0 Å². The smallest absolute Gasteiger partial charge is 0.191 e. The third-order valence-electron chi connectivity index (χ3n) is 2.98. The number of nitrogens with one attached hydrogen (secondary N) is 2. The highest BCUT2D eigenvalue weighted by Crippen LogP contribution is 2.07. The molecule has 0 spiro atoms. The van der Waals surface area contributed by atoms with Crippen LogP contribution in [-0.2, 0) is 11.3 Å². The number of aryl methyl sites for hydroxylation is 1. The number of nitrogens with zero attached hydrogens (tertiary/aromatic N) is 1. The summed E-state index contributed by atoms with van der Waals surface area (Å²) in [6, 6.07) is 8.35. The summed E-state index contributed by atoms with van der Waals surface area (Å²) in [5.74, 6) is 0.868. The van der Waals surface area contributed by atoms with Crippen LogP contribution in [0.4, 0.5) is 0 Å². The average molecular weight is 277 g/mol. The van der Waals surface area contributed by atoms with E-state index in [2.05, 4.69) is 53.7 Å². The molecular formula is C16H27N3O. The van der Waals surface area contributed by atoms with Crippen LogP contribution < -0.4 is 10.6 Å². The van der Waals surface area contributed by atoms with Crippen molar-refractivity contribution in [1.29, 1.82) is 0 Å². The normalized spacial score (nSPS) is 11.4. The van der Waals surface area contributed by atoms with Crippen LogP contribution in [0.5, 0.6) is 0 Å². The molecule has 0 bridgehead atoms. The Bertz CT molecular complexity index is 404. The number of ether oxygens (including phenoxy) is 1. The highest BCUT2D eigenvalue weighted by molar-refractivity contribution is 5.79. The fourth-order valence-corrected chi connectivity index (χ4v) is 1.82. The minimum absolute atomic E-state index is 0.702. The minimum atomic E-state index is 0.702. The summed E-state index contributed by atoms with van der Waals surface area (Å²) in [6.07, 6.45) is 0.989. The Hall–Kier alpha value is -1.55. The van der Waals surface area contributed by atoms with E-state index < -0.39 is 0 Å². The molecule has 0 radical (unpaired) electrons. The molecule has 112 valence electrons. The monoisotopic (exact) mass is 277 g/mol. The number of rotatable bonds is 8. The maximum atomic E-state index is 5.32. The maximum Gasteiger partial charge on any atom is 0.191 e. The van der Waals surface area contributed by atoms with Crippen molar-refractivity contribution in [3.05, 3.63) is 35.4 Å². The zero-order chi connectivity index (χ0) is 14.6. The molecule has 4 heteroatoms. The van der Waals surface area contributed by atoms with Gasteiger partial charge in [0.1, 0.15) is 0 Å². The third-order valence-corrected chi connectivity index (χ3v) is 2.98. The van der Waals surface area contributed by atoms with E-state index >= 15 is 0 Å². The maximum absolute atomic E-state index is 5.32. The molecule has 0 fully saturated rings. The van der Waals surface area contributed by atoms with Gasteiger partial charge >= 0.3 is 0 Å². The van der Waals surface area contributed by atoms with E-state index in [1.54, 1.807) is 0 Å². The molecule has 2 N–H and O–H groups in total. The van der Waals surface area contributed by atoms with Gasteiger partial charge in [-0.3, -0.25) is 0 Å². The Balaban J connectivity index is 2.44. The van der Waals surface area contributed by atoms with Crippen molar-refractivity contribution >= 4 is 5.96 Å². The number of hydrogen-bond donors (Lipinski definition) is 2. The van der Waals surface area contributed by atoms with Crippen molar-refractivity contribution in [2.24, 2.45) is 4.99 Å². The van der Waals surface area contributed by atoms with E-state index in [9.17, 15) is 0 Å². The van der Waals surface area contributed by atoms with Gasteiger partial charge in [0.15, 0.2) is 5.96 Å². The SMILES string of the molecule is CCNC(=NCc1ccccc1C)NCCCOCC. The van der Waals surface area contributed by atoms with Gasteiger partial charge in [-0.15, -0.1) is 0 Å². The molecule has 0 aliphatic rings. The highest BCUT2D eigenvalue weighted by atomic mass is 16.5. The van der Waals surface area contributed by atoms with Crippen LogP contribution in [0.1, 0.15) is 31.4 Å². The summed E-state index contributed by atoms with van der Waals surface area (Å²) in [7, 11) is 0. The largest absolute Gasteiger partial charge is 0.382 e. The second kappa shape index (κ2) is 10.3. The van der Waals surface area contributed by atoms with Gasteiger partial charge in [-0.05, 0) is 38.3 Å². The number of guanidine groups is 1. The molecule has 0 aliphatic carbocycles. The van der Waals surface area contributed by atoms with Crippen LogP contribution >= 0.6 is 0 Å². The molecule has 0 aliphatic heterocycles. The van der Waals surface area contributed by atoms with Crippen LogP contribution in [0.15, 0.2) is 29.3 Å². The molecule has 4 nitrogen and oxygen atoms in total. The standard InChI is InChI=1S/C16H27N3O/c1-4-17-16(18-11-8-12-20-5-2)19-13-15-10-7-6-9-14(15)3/h6-7,9-10H,4-5,8,11-13H2,1-3H3,(H2,17,18,19). The van der Waals surface area contributed by atoms with E-state index in [4.69, 9.17) is 4.74 Å². The molecule has 0 atom stereocenters. The van der Waals surface area contributed by atoms with Gasteiger partial charge < -0.3 is 15.4 Å². The first kappa shape index (κ1) is 16.5. The number of aliphatic imine (C=N–C) groups is 1. The van der Waals surface area contributed by atoms with Gasteiger partial charge in [0.25, 0.3) is 0 Å². The summed E-state index contributed by atoms with van der Waals surface area (Å²) >= 11 is 0. The van der Waals surface area contributed by atoms with E-state index in [-0.39, 0.29) is 0 Å². The minimum Gasteiger partial charge on any atom is -0.382 e. The summed E-state index contributed by atoms with van der Waals surface area (Å²) in [4.78, 5) is 4.62. The lowest BCUT2D eigenvalue weighted by molar-refractivity contribution is 0.145. The lowest BCUT2D eigenvalue weighted by Crippen LogP contribution is -2.38. The average Bonchev–Trinajstić information content (AvgIpc) is 2.46. The van der Waals surface area contributed by atoms with Crippen molar-refractivity contribution in [2.75, 3.05) is 26.3 Å². The Morgan fingerprint density at radius 2 is 2.00 bits per heavy atom. The lowest BCUT2D eigenvalue weighted by atomic mass is 10.1. The zero-order valence-electron chi connectivity index (χ0n) is 12.9. The number of hydrogen-bond acceptors (Lipinski definition) is 2. The topological polar surface area (TPSA) is 45.7 Å². The molecule has 0 heterocycles. The first-order chi connectivity index (χ1) is 9.77. The molecule has 0 amide bonds. The Morgan fingerprint density at radius 1 is 1.20 bits per heavy atom.